The lowest BCUT2D eigenvalue weighted by Gasteiger charge is -2.13. The van der Waals surface area contributed by atoms with Crippen molar-refractivity contribution in [2.45, 2.75) is 6.42 Å². The molecule has 3 amide bonds. The first kappa shape index (κ1) is 20.1. The predicted molar refractivity (Wildman–Crippen MR) is 116 cm³/mol. The lowest BCUT2D eigenvalue weighted by atomic mass is 10.0. The van der Waals surface area contributed by atoms with Gasteiger partial charge in [-0.3, -0.25) is 4.79 Å². The minimum absolute atomic E-state index is 0.0786. The molecule has 0 radical (unpaired) electrons. The van der Waals surface area contributed by atoms with E-state index < -0.39 is 17.8 Å². The fourth-order valence-corrected chi connectivity index (χ4v) is 4.17. The molecule has 30 heavy (non-hydrogen) atoms. The maximum Gasteiger partial charge on any atom is 0.326 e. The number of amides is 3. The molecule has 0 fully saturated rings. The molecule has 0 saturated carbocycles. The van der Waals surface area contributed by atoms with Crippen molar-refractivity contribution >= 4 is 51.9 Å². The highest BCUT2D eigenvalue weighted by Gasteiger charge is 2.40. The summed E-state index contributed by atoms with van der Waals surface area (Å²) < 4.78 is 20.3. The maximum absolute atomic E-state index is 14.2. The third-order valence-corrected chi connectivity index (χ3v) is 5.80. The summed E-state index contributed by atoms with van der Waals surface area (Å²) in [7, 11) is 0. The fourth-order valence-electron chi connectivity index (χ4n) is 3.29. The molecule has 2 N–H and O–H groups in total. The van der Waals surface area contributed by atoms with E-state index in [9.17, 15) is 14.0 Å². The van der Waals surface area contributed by atoms with E-state index in [-0.39, 0.29) is 34.2 Å². The minimum Gasteiger partial charge on any atom is -0.491 e. The third kappa shape index (κ3) is 3.69. The molecule has 0 unspecified atom stereocenters. The first-order valence-electron chi connectivity index (χ1n) is 9.05. The standard InChI is InChI=1S/C22H16ClFN2O3S/c23-15-12-17-14(11-16(15)24)19(21(27)26(17)22(25)28)20(18-7-4-10-30-18)29-9-8-13-5-2-1-3-6-13/h1-7,10-12H,8-9H2,(H2,25,28)/b20-19+. The van der Waals surface area contributed by atoms with Gasteiger partial charge in [0.1, 0.15) is 11.6 Å². The Labute approximate surface area is 181 Å². The second-order valence-corrected chi connectivity index (χ2v) is 7.88. The molecule has 1 aliphatic heterocycles. The Morgan fingerprint density at radius 3 is 2.60 bits per heavy atom. The summed E-state index contributed by atoms with van der Waals surface area (Å²) in [5, 5.41) is 1.63. The number of anilines is 1. The van der Waals surface area contributed by atoms with Crippen molar-refractivity contribution < 1.29 is 18.7 Å². The molecule has 8 heteroatoms. The Bertz CT molecular complexity index is 1150. The minimum atomic E-state index is -0.978. The molecular formula is C22H16ClFN2O3S. The van der Waals surface area contributed by atoms with Crippen molar-refractivity contribution in [3.05, 3.63) is 86.8 Å². The maximum atomic E-state index is 14.2. The van der Waals surface area contributed by atoms with Crippen molar-refractivity contribution in [2.75, 3.05) is 11.5 Å². The number of ether oxygens (including phenoxy) is 1. The summed E-state index contributed by atoms with van der Waals surface area (Å²) in [6, 6.07) is 14.7. The van der Waals surface area contributed by atoms with Gasteiger partial charge in [0.25, 0.3) is 5.91 Å². The van der Waals surface area contributed by atoms with E-state index in [0.717, 1.165) is 16.5 Å². The number of halogens is 2. The van der Waals surface area contributed by atoms with E-state index in [2.05, 4.69) is 0 Å². The first-order valence-corrected chi connectivity index (χ1v) is 10.3. The van der Waals surface area contributed by atoms with Crippen LogP contribution in [0.1, 0.15) is 16.0 Å². The van der Waals surface area contributed by atoms with Gasteiger partial charge in [0.05, 0.1) is 27.8 Å². The van der Waals surface area contributed by atoms with Crippen LogP contribution in [0.3, 0.4) is 0 Å². The molecule has 2 aromatic carbocycles. The smallest absolute Gasteiger partial charge is 0.326 e. The van der Waals surface area contributed by atoms with Gasteiger partial charge in [-0.15, -0.1) is 11.3 Å². The number of nitrogens with zero attached hydrogens (tertiary/aromatic N) is 1. The zero-order chi connectivity index (χ0) is 21.3. The number of rotatable bonds is 5. The van der Waals surface area contributed by atoms with Gasteiger partial charge in [0.2, 0.25) is 0 Å². The lowest BCUT2D eigenvalue weighted by Crippen LogP contribution is -2.38. The van der Waals surface area contributed by atoms with Gasteiger partial charge < -0.3 is 10.5 Å². The van der Waals surface area contributed by atoms with Crippen LogP contribution in [-0.2, 0) is 16.0 Å². The third-order valence-electron chi connectivity index (χ3n) is 4.64. The average molecular weight is 443 g/mol. The van der Waals surface area contributed by atoms with Crippen LogP contribution < -0.4 is 10.6 Å². The highest BCUT2D eigenvalue weighted by molar-refractivity contribution is 7.11. The Morgan fingerprint density at radius 1 is 1.17 bits per heavy atom. The number of thiophene rings is 1. The summed E-state index contributed by atoms with van der Waals surface area (Å²) in [5.41, 5.74) is 6.91. The Morgan fingerprint density at radius 2 is 1.93 bits per heavy atom. The normalized spacial score (nSPS) is 14.6. The number of carbonyl (C=O) groups is 2. The number of carbonyl (C=O) groups excluding carboxylic acids is 2. The molecule has 5 nitrogen and oxygen atoms in total. The molecule has 3 aromatic rings. The van der Waals surface area contributed by atoms with E-state index in [1.807, 2.05) is 41.8 Å². The van der Waals surface area contributed by atoms with E-state index in [1.165, 1.54) is 17.4 Å². The molecule has 1 aromatic heterocycles. The zero-order valence-corrected chi connectivity index (χ0v) is 17.2. The number of imide groups is 1. The van der Waals surface area contributed by atoms with Crippen LogP contribution in [-0.4, -0.2) is 18.5 Å². The summed E-state index contributed by atoms with van der Waals surface area (Å²) in [6.07, 6.45) is 0.610. The van der Waals surface area contributed by atoms with Gasteiger partial charge in [-0.25, -0.2) is 14.1 Å². The number of nitrogens with two attached hydrogens (primary N) is 1. The summed E-state index contributed by atoms with van der Waals surface area (Å²) in [6.45, 7) is 0.288. The molecule has 4 rings (SSSR count). The average Bonchev–Trinajstić information content (AvgIpc) is 3.34. The number of fused-ring (bicyclic) bond motifs is 1. The van der Waals surface area contributed by atoms with Gasteiger partial charge >= 0.3 is 6.03 Å². The molecule has 152 valence electrons. The van der Waals surface area contributed by atoms with Crippen LogP contribution >= 0.6 is 22.9 Å². The van der Waals surface area contributed by atoms with Crippen molar-refractivity contribution in [2.24, 2.45) is 5.73 Å². The SMILES string of the molecule is NC(=O)N1C(=O)/C(=C(/OCCc2ccccc2)c2cccs2)c2cc(F)c(Cl)cc21. The van der Waals surface area contributed by atoms with Crippen LogP contribution in [0.4, 0.5) is 14.9 Å². The highest BCUT2D eigenvalue weighted by Crippen LogP contribution is 2.43. The predicted octanol–water partition coefficient (Wildman–Crippen LogP) is 5.09. The fraction of sp³-hybridized carbons (Fsp3) is 0.0909. The van der Waals surface area contributed by atoms with Crippen LogP contribution in [0.5, 0.6) is 0 Å². The van der Waals surface area contributed by atoms with Gasteiger partial charge in [0.15, 0.2) is 0 Å². The van der Waals surface area contributed by atoms with E-state index in [1.54, 1.807) is 6.07 Å². The summed E-state index contributed by atoms with van der Waals surface area (Å²) in [5.74, 6) is -1.11. The van der Waals surface area contributed by atoms with Gasteiger partial charge in [-0.2, -0.15) is 0 Å². The molecular weight excluding hydrogens is 427 g/mol. The van der Waals surface area contributed by atoms with Gasteiger partial charge in [-0.1, -0.05) is 48.0 Å². The van der Waals surface area contributed by atoms with E-state index in [4.69, 9.17) is 22.1 Å². The Balaban J connectivity index is 1.80. The molecule has 0 bridgehead atoms. The number of benzene rings is 2. The second kappa shape index (κ2) is 8.30. The molecule has 2 heterocycles. The van der Waals surface area contributed by atoms with Crippen LogP contribution in [0.25, 0.3) is 11.3 Å². The number of urea groups is 1. The quantitative estimate of drug-likeness (QED) is 0.441. The van der Waals surface area contributed by atoms with Crippen molar-refractivity contribution in [3.63, 3.8) is 0 Å². The topological polar surface area (TPSA) is 72.6 Å². The second-order valence-electron chi connectivity index (χ2n) is 6.53. The lowest BCUT2D eigenvalue weighted by molar-refractivity contribution is -0.112. The molecule has 0 atom stereocenters. The molecule has 0 spiro atoms. The Kier molecular flexibility index (Phi) is 5.57. The monoisotopic (exact) mass is 442 g/mol. The van der Waals surface area contributed by atoms with E-state index in [0.29, 0.717) is 11.3 Å². The van der Waals surface area contributed by atoms with Crippen LogP contribution in [0.15, 0.2) is 60.0 Å². The first-order chi connectivity index (χ1) is 14.5. The summed E-state index contributed by atoms with van der Waals surface area (Å²) >= 11 is 7.25. The molecule has 0 aliphatic carbocycles. The summed E-state index contributed by atoms with van der Waals surface area (Å²) in [4.78, 5) is 26.5. The van der Waals surface area contributed by atoms with Crippen molar-refractivity contribution in [1.82, 2.24) is 0 Å². The van der Waals surface area contributed by atoms with E-state index >= 15 is 0 Å². The molecule has 1 aliphatic rings. The number of primary amides is 1. The number of hydrogen-bond acceptors (Lipinski definition) is 4. The highest BCUT2D eigenvalue weighted by atomic mass is 35.5. The zero-order valence-electron chi connectivity index (χ0n) is 15.6. The van der Waals surface area contributed by atoms with Gasteiger partial charge in [0, 0.05) is 12.0 Å². The molecule has 0 saturated heterocycles. The largest absolute Gasteiger partial charge is 0.491 e. The van der Waals surface area contributed by atoms with Crippen molar-refractivity contribution in [3.8, 4) is 0 Å². The van der Waals surface area contributed by atoms with Gasteiger partial charge in [-0.05, 0) is 29.1 Å². The number of hydrogen-bond donors (Lipinski definition) is 1. The Hall–Kier alpha value is -3.16. The van der Waals surface area contributed by atoms with Crippen LogP contribution in [0, 0.1) is 5.82 Å². The van der Waals surface area contributed by atoms with Crippen LogP contribution in [0.2, 0.25) is 5.02 Å². The van der Waals surface area contributed by atoms with Crippen molar-refractivity contribution in [1.29, 1.82) is 0 Å².